The number of carbonyl (C=O) groups is 1. The third kappa shape index (κ3) is 1.16. The zero-order valence-electron chi connectivity index (χ0n) is 5.07. The van der Waals surface area contributed by atoms with Crippen LogP contribution in [0.1, 0.15) is 16.1 Å². The average molecular weight is 158 g/mol. The third-order valence-electron chi connectivity index (χ3n) is 1.12. The van der Waals surface area contributed by atoms with Crippen LogP contribution in [0, 0.1) is 0 Å². The van der Waals surface area contributed by atoms with E-state index >= 15 is 0 Å². The van der Waals surface area contributed by atoms with E-state index in [0.717, 1.165) is 0 Å². The average Bonchev–Trinajstić information content (AvgIpc) is 2.33. The van der Waals surface area contributed by atoms with Gasteiger partial charge in [-0.05, 0) is 6.07 Å². The van der Waals surface area contributed by atoms with Crippen LogP contribution in [-0.2, 0) is 5.75 Å². The monoisotopic (exact) mass is 158 g/mol. The smallest absolute Gasteiger partial charge is 0.339 e. The lowest BCUT2D eigenvalue weighted by atomic mass is 10.3. The van der Waals surface area contributed by atoms with Crippen molar-refractivity contribution < 1.29 is 14.3 Å². The Morgan fingerprint density at radius 3 is 2.90 bits per heavy atom. The number of carboxylic acids is 1. The van der Waals surface area contributed by atoms with Crippen LogP contribution in [0.25, 0.3) is 0 Å². The Kier molecular flexibility index (Phi) is 2.01. The molecule has 1 aromatic heterocycles. The Morgan fingerprint density at radius 1 is 1.80 bits per heavy atom. The van der Waals surface area contributed by atoms with Crippen LogP contribution in [-0.4, -0.2) is 11.1 Å². The van der Waals surface area contributed by atoms with E-state index in [1.165, 1.54) is 12.3 Å². The van der Waals surface area contributed by atoms with E-state index in [1.54, 1.807) is 0 Å². The summed E-state index contributed by atoms with van der Waals surface area (Å²) >= 11 is 3.88. The molecule has 1 heterocycles. The van der Waals surface area contributed by atoms with E-state index in [2.05, 4.69) is 12.6 Å². The van der Waals surface area contributed by atoms with Crippen LogP contribution in [0.4, 0.5) is 0 Å². The quantitative estimate of drug-likeness (QED) is 0.640. The summed E-state index contributed by atoms with van der Waals surface area (Å²) in [6, 6.07) is 1.41. The van der Waals surface area contributed by atoms with Crippen molar-refractivity contribution in [2.45, 2.75) is 5.75 Å². The fourth-order valence-electron chi connectivity index (χ4n) is 0.654. The van der Waals surface area contributed by atoms with Gasteiger partial charge in [-0.25, -0.2) is 4.79 Å². The molecule has 10 heavy (non-hydrogen) atoms. The molecular weight excluding hydrogens is 152 g/mol. The Hall–Kier alpha value is -0.900. The van der Waals surface area contributed by atoms with Crippen molar-refractivity contribution >= 4 is 18.6 Å². The minimum atomic E-state index is -0.974. The second-order valence-corrected chi connectivity index (χ2v) is 2.04. The normalized spacial score (nSPS) is 9.70. The maximum atomic E-state index is 10.3. The molecule has 0 saturated carbocycles. The summed E-state index contributed by atoms with van der Waals surface area (Å²) in [4.78, 5) is 10.3. The van der Waals surface area contributed by atoms with E-state index in [0.29, 0.717) is 11.5 Å². The van der Waals surface area contributed by atoms with Gasteiger partial charge in [0.1, 0.15) is 11.3 Å². The molecule has 0 fully saturated rings. The summed E-state index contributed by atoms with van der Waals surface area (Å²) in [5, 5.41) is 8.49. The number of rotatable bonds is 2. The molecule has 0 bridgehead atoms. The molecule has 3 nitrogen and oxygen atoms in total. The summed E-state index contributed by atoms with van der Waals surface area (Å²) in [5.41, 5.74) is 0.190. The largest absolute Gasteiger partial charge is 0.478 e. The van der Waals surface area contributed by atoms with Crippen LogP contribution >= 0.6 is 12.6 Å². The van der Waals surface area contributed by atoms with Gasteiger partial charge in [0.15, 0.2) is 0 Å². The SMILES string of the molecule is O=C(O)c1ccoc1CS. The van der Waals surface area contributed by atoms with Gasteiger partial charge in [0, 0.05) is 5.75 Å². The Morgan fingerprint density at radius 2 is 2.50 bits per heavy atom. The van der Waals surface area contributed by atoms with Gasteiger partial charge in [-0.2, -0.15) is 12.6 Å². The van der Waals surface area contributed by atoms with E-state index in [1.807, 2.05) is 0 Å². The second-order valence-electron chi connectivity index (χ2n) is 1.72. The molecule has 1 rings (SSSR count). The minimum Gasteiger partial charge on any atom is -0.478 e. The molecule has 0 aliphatic rings. The first kappa shape index (κ1) is 7.21. The first-order chi connectivity index (χ1) is 4.75. The van der Waals surface area contributed by atoms with Gasteiger partial charge >= 0.3 is 5.97 Å². The van der Waals surface area contributed by atoms with Crippen LogP contribution in [0.5, 0.6) is 0 Å². The van der Waals surface area contributed by atoms with Crippen molar-refractivity contribution in [3.8, 4) is 0 Å². The van der Waals surface area contributed by atoms with Crippen molar-refractivity contribution in [3.05, 3.63) is 23.7 Å². The van der Waals surface area contributed by atoms with Crippen LogP contribution < -0.4 is 0 Å². The van der Waals surface area contributed by atoms with Crippen LogP contribution in [0.3, 0.4) is 0 Å². The summed E-state index contributed by atoms with van der Waals surface area (Å²) in [6.45, 7) is 0. The summed E-state index contributed by atoms with van der Waals surface area (Å²) in [6.07, 6.45) is 1.34. The fraction of sp³-hybridized carbons (Fsp3) is 0.167. The highest BCUT2D eigenvalue weighted by Crippen LogP contribution is 2.11. The molecule has 0 atom stereocenters. The number of hydrogen-bond donors (Lipinski definition) is 2. The lowest BCUT2D eigenvalue weighted by Gasteiger charge is -1.89. The van der Waals surface area contributed by atoms with Gasteiger partial charge in [-0.3, -0.25) is 0 Å². The Labute approximate surface area is 63.1 Å². The summed E-state index contributed by atoms with van der Waals surface area (Å²) in [5.74, 6) is -0.261. The van der Waals surface area contributed by atoms with E-state index in [9.17, 15) is 4.79 Å². The minimum absolute atomic E-state index is 0.190. The molecule has 0 radical (unpaired) electrons. The second kappa shape index (κ2) is 2.79. The highest BCUT2D eigenvalue weighted by Gasteiger charge is 2.10. The fourth-order valence-corrected chi connectivity index (χ4v) is 0.899. The molecule has 54 valence electrons. The maximum absolute atomic E-state index is 10.3. The molecule has 0 aliphatic carbocycles. The maximum Gasteiger partial charge on any atom is 0.339 e. The molecule has 0 unspecified atom stereocenters. The topological polar surface area (TPSA) is 50.4 Å². The van der Waals surface area contributed by atoms with Crippen molar-refractivity contribution in [3.63, 3.8) is 0 Å². The number of carboxylic acid groups (broad SMARTS) is 1. The molecule has 4 heteroatoms. The number of hydrogen-bond acceptors (Lipinski definition) is 3. The lowest BCUT2D eigenvalue weighted by molar-refractivity contribution is 0.0695. The zero-order valence-corrected chi connectivity index (χ0v) is 5.97. The predicted molar refractivity (Wildman–Crippen MR) is 38.4 cm³/mol. The molecule has 1 N–H and O–H groups in total. The molecule has 0 saturated heterocycles. The first-order valence-electron chi connectivity index (χ1n) is 2.66. The van der Waals surface area contributed by atoms with Crippen molar-refractivity contribution in [1.29, 1.82) is 0 Å². The Balaban J connectivity index is 3.01. The molecular formula is C6H6O3S. The van der Waals surface area contributed by atoms with E-state index in [-0.39, 0.29) is 5.56 Å². The van der Waals surface area contributed by atoms with Gasteiger partial charge in [0.2, 0.25) is 0 Å². The number of aromatic carboxylic acids is 1. The van der Waals surface area contributed by atoms with E-state index < -0.39 is 5.97 Å². The van der Waals surface area contributed by atoms with Crippen LogP contribution in [0.2, 0.25) is 0 Å². The van der Waals surface area contributed by atoms with Gasteiger partial charge in [-0.1, -0.05) is 0 Å². The summed E-state index contributed by atoms with van der Waals surface area (Å²) < 4.78 is 4.82. The van der Waals surface area contributed by atoms with Crippen molar-refractivity contribution in [2.75, 3.05) is 0 Å². The number of thiol groups is 1. The lowest BCUT2D eigenvalue weighted by Crippen LogP contribution is -1.96. The van der Waals surface area contributed by atoms with E-state index in [4.69, 9.17) is 9.52 Å². The van der Waals surface area contributed by atoms with Crippen LogP contribution in [0.15, 0.2) is 16.7 Å². The van der Waals surface area contributed by atoms with Gasteiger partial charge in [0.05, 0.1) is 6.26 Å². The Bertz CT molecular complexity index is 241. The molecule has 0 spiro atoms. The van der Waals surface area contributed by atoms with Crippen molar-refractivity contribution in [2.24, 2.45) is 0 Å². The third-order valence-corrected chi connectivity index (χ3v) is 1.41. The predicted octanol–water partition coefficient (Wildman–Crippen LogP) is 1.41. The highest BCUT2D eigenvalue weighted by molar-refractivity contribution is 7.79. The van der Waals surface area contributed by atoms with Gasteiger partial charge in [0.25, 0.3) is 0 Å². The molecule has 0 amide bonds. The zero-order chi connectivity index (χ0) is 7.56. The first-order valence-corrected chi connectivity index (χ1v) is 3.29. The van der Waals surface area contributed by atoms with Gasteiger partial charge in [-0.15, -0.1) is 0 Å². The number of furan rings is 1. The highest BCUT2D eigenvalue weighted by atomic mass is 32.1. The molecule has 0 aliphatic heterocycles. The van der Waals surface area contributed by atoms with Gasteiger partial charge < -0.3 is 9.52 Å². The molecule has 0 aromatic carbocycles. The van der Waals surface area contributed by atoms with Crippen molar-refractivity contribution in [1.82, 2.24) is 0 Å². The molecule has 1 aromatic rings. The summed E-state index contributed by atoms with van der Waals surface area (Å²) in [7, 11) is 0. The standard InChI is InChI=1S/C6H6O3S/c7-6(8)4-1-2-9-5(4)3-10/h1-2,10H,3H2,(H,7,8).